The number of carbonyl (C=O) groups is 1. The lowest BCUT2D eigenvalue weighted by atomic mass is 9.96. The standard InChI is InChI=1S/C16H23NO3/c1-19-15-9-5-4-8-13(15)14(16(18)20-2)12-17-10-6-3-7-11-17/h4-5,8-9,14H,3,6-7,10-12H2,1-2H3. The summed E-state index contributed by atoms with van der Waals surface area (Å²) >= 11 is 0. The maximum atomic E-state index is 12.1. The molecule has 0 radical (unpaired) electrons. The molecule has 0 spiro atoms. The van der Waals surface area contributed by atoms with Crippen molar-refractivity contribution in [2.45, 2.75) is 25.2 Å². The Bertz CT molecular complexity index is 441. The van der Waals surface area contributed by atoms with Crippen molar-refractivity contribution < 1.29 is 14.3 Å². The predicted octanol–water partition coefficient (Wildman–Crippen LogP) is 2.44. The molecule has 1 fully saturated rings. The first-order valence-electron chi connectivity index (χ1n) is 7.19. The van der Waals surface area contributed by atoms with Crippen molar-refractivity contribution in [2.75, 3.05) is 33.9 Å². The molecule has 1 aromatic rings. The van der Waals surface area contributed by atoms with Gasteiger partial charge >= 0.3 is 5.97 Å². The highest BCUT2D eigenvalue weighted by atomic mass is 16.5. The van der Waals surface area contributed by atoms with E-state index >= 15 is 0 Å². The van der Waals surface area contributed by atoms with Crippen molar-refractivity contribution in [1.82, 2.24) is 4.90 Å². The van der Waals surface area contributed by atoms with E-state index < -0.39 is 0 Å². The second kappa shape index (κ2) is 7.29. The quantitative estimate of drug-likeness (QED) is 0.775. The van der Waals surface area contributed by atoms with Crippen molar-refractivity contribution in [2.24, 2.45) is 0 Å². The molecule has 4 nitrogen and oxygen atoms in total. The van der Waals surface area contributed by atoms with E-state index in [2.05, 4.69) is 4.90 Å². The smallest absolute Gasteiger partial charge is 0.314 e. The number of hydrogen-bond donors (Lipinski definition) is 0. The van der Waals surface area contributed by atoms with E-state index in [-0.39, 0.29) is 11.9 Å². The number of para-hydroxylation sites is 1. The van der Waals surface area contributed by atoms with Crippen molar-refractivity contribution >= 4 is 5.97 Å². The normalized spacial score (nSPS) is 17.5. The van der Waals surface area contributed by atoms with Crippen LogP contribution >= 0.6 is 0 Å². The molecular formula is C16H23NO3. The van der Waals surface area contributed by atoms with E-state index in [9.17, 15) is 4.79 Å². The molecule has 0 saturated carbocycles. The molecule has 0 bridgehead atoms. The van der Waals surface area contributed by atoms with Crippen LogP contribution in [0.4, 0.5) is 0 Å². The van der Waals surface area contributed by atoms with Gasteiger partial charge in [-0.3, -0.25) is 4.79 Å². The molecule has 1 atom stereocenters. The summed E-state index contributed by atoms with van der Waals surface area (Å²) in [6, 6.07) is 7.69. The minimum Gasteiger partial charge on any atom is -0.496 e. The van der Waals surface area contributed by atoms with Crippen LogP contribution in [0, 0.1) is 0 Å². The second-order valence-corrected chi connectivity index (χ2v) is 5.18. The lowest BCUT2D eigenvalue weighted by Gasteiger charge is -2.30. The van der Waals surface area contributed by atoms with Crippen LogP contribution in [-0.4, -0.2) is 44.7 Å². The van der Waals surface area contributed by atoms with Gasteiger partial charge in [0.15, 0.2) is 0 Å². The summed E-state index contributed by atoms with van der Waals surface area (Å²) in [5.74, 6) is 0.272. The predicted molar refractivity (Wildman–Crippen MR) is 78.0 cm³/mol. The lowest BCUT2D eigenvalue weighted by molar-refractivity contribution is -0.143. The fourth-order valence-corrected chi connectivity index (χ4v) is 2.80. The van der Waals surface area contributed by atoms with Gasteiger partial charge in [0, 0.05) is 12.1 Å². The highest BCUT2D eigenvalue weighted by Crippen LogP contribution is 2.29. The molecule has 1 aliphatic rings. The summed E-state index contributed by atoms with van der Waals surface area (Å²) in [6.07, 6.45) is 3.70. The van der Waals surface area contributed by atoms with Crippen LogP contribution < -0.4 is 4.74 Å². The average Bonchev–Trinajstić information content (AvgIpc) is 2.53. The number of hydrogen-bond acceptors (Lipinski definition) is 4. The largest absolute Gasteiger partial charge is 0.496 e. The third-order valence-corrected chi connectivity index (χ3v) is 3.89. The molecule has 0 amide bonds. The number of esters is 1. The highest BCUT2D eigenvalue weighted by Gasteiger charge is 2.27. The third kappa shape index (κ3) is 3.51. The van der Waals surface area contributed by atoms with Crippen LogP contribution in [0.25, 0.3) is 0 Å². The molecule has 4 heteroatoms. The zero-order valence-electron chi connectivity index (χ0n) is 12.3. The minimum atomic E-state index is -0.283. The Morgan fingerprint density at radius 2 is 1.90 bits per heavy atom. The van der Waals surface area contributed by atoms with Gasteiger partial charge in [-0.15, -0.1) is 0 Å². The highest BCUT2D eigenvalue weighted by molar-refractivity contribution is 5.79. The number of likely N-dealkylation sites (tertiary alicyclic amines) is 1. The molecule has 1 heterocycles. The zero-order valence-corrected chi connectivity index (χ0v) is 12.3. The number of nitrogens with zero attached hydrogens (tertiary/aromatic N) is 1. The van der Waals surface area contributed by atoms with Crippen LogP contribution in [-0.2, 0) is 9.53 Å². The van der Waals surface area contributed by atoms with Crippen LogP contribution in [0.15, 0.2) is 24.3 Å². The molecule has 0 N–H and O–H groups in total. The Hall–Kier alpha value is -1.55. The Kier molecular flexibility index (Phi) is 5.41. The maximum Gasteiger partial charge on any atom is 0.314 e. The molecule has 1 saturated heterocycles. The average molecular weight is 277 g/mol. The summed E-state index contributed by atoms with van der Waals surface area (Å²) < 4.78 is 10.4. The number of rotatable bonds is 5. The van der Waals surface area contributed by atoms with Gasteiger partial charge in [0.25, 0.3) is 0 Å². The summed E-state index contributed by atoms with van der Waals surface area (Å²) in [5, 5.41) is 0. The van der Waals surface area contributed by atoms with E-state index in [0.29, 0.717) is 6.54 Å². The first kappa shape index (κ1) is 14.9. The number of carbonyl (C=O) groups excluding carboxylic acids is 1. The van der Waals surface area contributed by atoms with Gasteiger partial charge in [-0.05, 0) is 32.0 Å². The summed E-state index contributed by atoms with van der Waals surface area (Å²) in [7, 11) is 3.08. The maximum absolute atomic E-state index is 12.1. The number of piperidine rings is 1. The van der Waals surface area contributed by atoms with Gasteiger partial charge in [-0.2, -0.15) is 0 Å². The van der Waals surface area contributed by atoms with E-state index in [1.54, 1.807) is 7.11 Å². The summed E-state index contributed by atoms with van der Waals surface area (Å²) in [6.45, 7) is 2.82. The molecule has 2 rings (SSSR count). The number of ether oxygens (including phenoxy) is 2. The fourth-order valence-electron chi connectivity index (χ4n) is 2.80. The van der Waals surface area contributed by atoms with Gasteiger partial charge in [0.1, 0.15) is 5.75 Å². The van der Waals surface area contributed by atoms with E-state index in [4.69, 9.17) is 9.47 Å². The van der Waals surface area contributed by atoms with Crippen LogP contribution in [0.3, 0.4) is 0 Å². The van der Waals surface area contributed by atoms with Gasteiger partial charge in [0.2, 0.25) is 0 Å². The second-order valence-electron chi connectivity index (χ2n) is 5.18. The molecule has 20 heavy (non-hydrogen) atoms. The van der Waals surface area contributed by atoms with E-state index in [1.165, 1.54) is 26.4 Å². The van der Waals surface area contributed by atoms with Crippen molar-refractivity contribution in [3.05, 3.63) is 29.8 Å². The molecule has 110 valence electrons. The SMILES string of the molecule is COC(=O)C(CN1CCCCC1)c1ccccc1OC. The summed E-state index contributed by atoms with van der Waals surface area (Å²) in [5.41, 5.74) is 0.910. The first-order valence-corrected chi connectivity index (χ1v) is 7.19. The Labute approximate surface area is 120 Å². The Balaban J connectivity index is 2.20. The van der Waals surface area contributed by atoms with Crippen molar-refractivity contribution in [3.63, 3.8) is 0 Å². The molecule has 1 unspecified atom stereocenters. The van der Waals surface area contributed by atoms with Crippen LogP contribution in [0.1, 0.15) is 30.7 Å². The van der Waals surface area contributed by atoms with Crippen molar-refractivity contribution in [1.29, 1.82) is 0 Å². The number of methoxy groups -OCH3 is 2. The van der Waals surface area contributed by atoms with Crippen molar-refractivity contribution in [3.8, 4) is 5.75 Å². The van der Waals surface area contributed by atoms with Gasteiger partial charge in [-0.25, -0.2) is 0 Å². The fraction of sp³-hybridized carbons (Fsp3) is 0.562. The topological polar surface area (TPSA) is 38.8 Å². The van der Waals surface area contributed by atoms with E-state index in [1.807, 2.05) is 24.3 Å². The molecule has 1 aliphatic heterocycles. The molecular weight excluding hydrogens is 254 g/mol. The monoisotopic (exact) mass is 277 g/mol. The van der Waals surface area contributed by atoms with Gasteiger partial charge < -0.3 is 14.4 Å². The van der Waals surface area contributed by atoms with Gasteiger partial charge in [0.05, 0.1) is 20.1 Å². The summed E-state index contributed by atoms with van der Waals surface area (Å²) in [4.78, 5) is 14.5. The number of benzene rings is 1. The molecule has 0 aromatic heterocycles. The van der Waals surface area contributed by atoms with Gasteiger partial charge in [-0.1, -0.05) is 24.6 Å². The lowest BCUT2D eigenvalue weighted by Crippen LogP contribution is -2.36. The Morgan fingerprint density at radius 3 is 2.55 bits per heavy atom. The van der Waals surface area contributed by atoms with E-state index in [0.717, 1.165) is 24.4 Å². The third-order valence-electron chi connectivity index (χ3n) is 3.89. The minimum absolute atomic E-state index is 0.194. The Morgan fingerprint density at radius 1 is 1.20 bits per heavy atom. The van der Waals surface area contributed by atoms with Crippen LogP contribution in [0.5, 0.6) is 5.75 Å². The van der Waals surface area contributed by atoms with Crippen LogP contribution in [0.2, 0.25) is 0 Å². The zero-order chi connectivity index (χ0) is 14.4. The molecule has 0 aliphatic carbocycles. The first-order chi connectivity index (χ1) is 9.76. The molecule has 1 aromatic carbocycles.